The molecule has 6 atom stereocenters. The molecule has 224 valence electrons. The molecule has 2 aliphatic carbocycles. The topological polar surface area (TPSA) is 95.0 Å². The average molecular weight is 630 g/mol. The van der Waals surface area contributed by atoms with Gasteiger partial charge in [0.15, 0.2) is 0 Å². The number of hydrogen-bond donors (Lipinski definition) is 1. The van der Waals surface area contributed by atoms with E-state index in [4.69, 9.17) is 23.2 Å². The van der Waals surface area contributed by atoms with E-state index in [2.05, 4.69) is 0 Å². The van der Waals surface area contributed by atoms with E-state index in [0.717, 1.165) is 16.7 Å². The maximum atomic E-state index is 14.3. The second-order valence-electron chi connectivity index (χ2n) is 12.4. The van der Waals surface area contributed by atoms with Crippen LogP contribution in [0.1, 0.15) is 41.0 Å². The summed E-state index contributed by atoms with van der Waals surface area (Å²) in [7, 11) is 0. The second kappa shape index (κ2) is 10.3. The molecule has 3 fully saturated rings. The first-order valence-corrected chi connectivity index (χ1v) is 15.5. The fraction of sp³-hybridized carbons (Fsp3) is 0.314. The van der Waals surface area contributed by atoms with Gasteiger partial charge in [-0.25, -0.2) is 9.80 Å². The third kappa shape index (κ3) is 4.09. The molecule has 6 unspecified atom stereocenters. The number of allylic oxidation sites excluding steroid dienone is 2. The SMILES string of the molecule is Cc1ccc(N2C(=O)C3CC=C4C(CC5C(=O)N(c6ccc(C)c(Cl)c6)C(=O)C5C4c4cccc(C)c4O)C3C2=O)cc1Cl. The van der Waals surface area contributed by atoms with Gasteiger partial charge in [0.05, 0.1) is 35.0 Å². The first-order valence-electron chi connectivity index (χ1n) is 14.8. The molecule has 3 aromatic rings. The number of rotatable bonds is 3. The zero-order valence-corrected chi connectivity index (χ0v) is 25.9. The van der Waals surface area contributed by atoms with Crippen molar-refractivity contribution in [3.05, 3.63) is 98.5 Å². The predicted molar refractivity (Wildman–Crippen MR) is 168 cm³/mol. The zero-order chi connectivity index (χ0) is 31.2. The molecule has 7 rings (SSSR count). The molecule has 0 radical (unpaired) electrons. The molecule has 9 heteroatoms. The van der Waals surface area contributed by atoms with Crippen molar-refractivity contribution in [3.63, 3.8) is 0 Å². The number of fused-ring (bicyclic) bond motifs is 4. The number of benzene rings is 3. The van der Waals surface area contributed by atoms with Crippen LogP contribution in [0.5, 0.6) is 5.75 Å². The summed E-state index contributed by atoms with van der Waals surface area (Å²) in [4.78, 5) is 58.8. The van der Waals surface area contributed by atoms with Gasteiger partial charge in [0.1, 0.15) is 5.75 Å². The van der Waals surface area contributed by atoms with Gasteiger partial charge in [-0.05, 0) is 80.5 Å². The smallest absolute Gasteiger partial charge is 0.238 e. The molecule has 0 bridgehead atoms. The summed E-state index contributed by atoms with van der Waals surface area (Å²) in [5.74, 6) is -5.25. The quantitative estimate of drug-likeness (QED) is 0.258. The van der Waals surface area contributed by atoms with Crippen LogP contribution in [0.4, 0.5) is 11.4 Å². The Labute approximate surface area is 265 Å². The molecule has 44 heavy (non-hydrogen) atoms. The highest BCUT2D eigenvalue weighted by Gasteiger charge is 2.62. The van der Waals surface area contributed by atoms with E-state index in [0.29, 0.717) is 39.0 Å². The molecule has 4 aliphatic rings. The number of anilines is 2. The maximum Gasteiger partial charge on any atom is 0.238 e. The van der Waals surface area contributed by atoms with Crippen molar-refractivity contribution in [3.8, 4) is 5.75 Å². The van der Waals surface area contributed by atoms with Crippen LogP contribution < -0.4 is 9.80 Å². The van der Waals surface area contributed by atoms with Crippen molar-refractivity contribution in [2.45, 2.75) is 39.5 Å². The fourth-order valence-electron chi connectivity index (χ4n) is 7.82. The van der Waals surface area contributed by atoms with E-state index in [1.54, 1.807) is 55.5 Å². The minimum atomic E-state index is -0.784. The van der Waals surface area contributed by atoms with E-state index >= 15 is 0 Å². The van der Waals surface area contributed by atoms with Gasteiger partial charge in [0, 0.05) is 21.5 Å². The van der Waals surface area contributed by atoms with Gasteiger partial charge in [-0.2, -0.15) is 0 Å². The normalized spacial score (nSPS) is 27.8. The number of nitrogens with zero attached hydrogens (tertiary/aromatic N) is 2. The van der Waals surface area contributed by atoms with Crippen LogP contribution in [-0.2, 0) is 19.2 Å². The van der Waals surface area contributed by atoms with Gasteiger partial charge in [0.25, 0.3) is 0 Å². The predicted octanol–water partition coefficient (Wildman–Crippen LogP) is 6.67. The Balaban J connectivity index is 1.35. The van der Waals surface area contributed by atoms with E-state index in [1.807, 2.05) is 26.0 Å². The number of imide groups is 2. The molecular weight excluding hydrogens is 599 g/mol. The van der Waals surface area contributed by atoms with Gasteiger partial charge < -0.3 is 5.11 Å². The summed E-state index contributed by atoms with van der Waals surface area (Å²) in [5.41, 5.74) is 4.47. The molecule has 0 spiro atoms. The number of amides is 4. The van der Waals surface area contributed by atoms with Crippen LogP contribution in [0, 0.1) is 50.4 Å². The van der Waals surface area contributed by atoms with Crippen LogP contribution in [0.3, 0.4) is 0 Å². The molecule has 2 aliphatic heterocycles. The van der Waals surface area contributed by atoms with Gasteiger partial charge >= 0.3 is 0 Å². The highest BCUT2D eigenvalue weighted by molar-refractivity contribution is 6.33. The third-order valence-corrected chi connectivity index (χ3v) is 10.9. The number of phenols is 1. The Morgan fingerprint density at radius 2 is 1.25 bits per heavy atom. The van der Waals surface area contributed by atoms with Crippen LogP contribution >= 0.6 is 23.2 Å². The van der Waals surface area contributed by atoms with Crippen LogP contribution in [-0.4, -0.2) is 28.7 Å². The Hall–Kier alpha value is -3.94. The third-order valence-electron chi connectivity index (χ3n) is 10.1. The van der Waals surface area contributed by atoms with Gasteiger partial charge in [-0.1, -0.05) is 65.2 Å². The number of phenolic OH excluding ortho intramolecular Hbond substituents is 1. The van der Waals surface area contributed by atoms with Crippen LogP contribution in [0.25, 0.3) is 0 Å². The molecule has 7 nitrogen and oxygen atoms in total. The van der Waals surface area contributed by atoms with E-state index in [9.17, 15) is 24.3 Å². The highest BCUT2D eigenvalue weighted by Crippen LogP contribution is 2.59. The molecule has 4 amide bonds. The number of para-hydroxylation sites is 1. The summed E-state index contributed by atoms with van der Waals surface area (Å²) < 4.78 is 0. The fourth-order valence-corrected chi connectivity index (χ4v) is 8.17. The van der Waals surface area contributed by atoms with E-state index < -0.39 is 35.5 Å². The average Bonchev–Trinajstić information content (AvgIpc) is 3.40. The van der Waals surface area contributed by atoms with Crippen molar-refractivity contribution in [2.24, 2.45) is 29.6 Å². The van der Waals surface area contributed by atoms with E-state index in [1.165, 1.54) is 9.80 Å². The molecular formula is C35H30Cl2N2O5. The lowest BCUT2D eigenvalue weighted by Gasteiger charge is -2.44. The lowest BCUT2D eigenvalue weighted by Crippen LogP contribution is -2.43. The summed E-state index contributed by atoms with van der Waals surface area (Å²) in [6.07, 6.45) is 2.52. The standard InChI is InChI=1S/C35H30Cl2N2O5/c1-16-7-9-19(13-26(16)36)38-32(41)23-12-11-21-24(29(23)34(38)43)15-25-30(28(21)22-6-4-5-18(3)31(22)40)35(44)39(33(25)42)20-10-8-17(2)27(37)14-20/h4-11,13-14,23-25,28-30,40H,12,15H2,1-3H3. The van der Waals surface area contributed by atoms with Gasteiger partial charge in [-0.3, -0.25) is 19.2 Å². The van der Waals surface area contributed by atoms with Crippen molar-refractivity contribution >= 4 is 58.2 Å². The number of carbonyl (C=O) groups is 4. The number of aromatic hydroxyl groups is 1. The monoisotopic (exact) mass is 628 g/mol. The molecule has 2 heterocycles. The molecule has 2 saturated heterocycles. The zero-order valence-electron chi connectivity index (χ0n) is 24.4. The molecule has 0 aromatic heterocycles. The molecule has 3 aromatic carbocycles. The molecule has 1 saturated carbocycles. The number of halogens is 2. The van der Waals surface area contributed by atoms with Crippen molar-refractivity contribution in [1.82, 2.24) is 0 Å². The largest absolute Gasteiger partial charge is 0.507 e. The number of hydrogen-bond acceptors (Lipinski definition) is 5. The minimum absolute atomic E-state index is 0.0572. The Kier molecular flexibility index (Phi) is 6.75. The minimum Gasteiger partial charge on any atom is -0.507 e. The summed E-state index contributed by atoms with van der Waals surface area (Å²) in [6, 6.07) is 15.6. The summed E-state index contributed by atoms with van der Waals surface area (Å²) >= 11 is 12.8. The maximum absolute atomic E-state index is 14.3. The Bertz CT molecular complexity index is 1830. The first-order chi connectivity index (χ1) is 21.0. The lowest BCUT2D eigenvalue weighted by molar-refractivity contribution is -0.126. The highest BCUT2D eigenvalue weighted by atomic mass is 35.5. The first kappa shape index (κ1) is 28.8. The van der Waals surface area contributed by atoms with Gasteiger partial charge in [-0.15, -0.1) is 0 Å². The number of aryl methyl sites for hydroxylation is 3. The summed E-state index contributed by atoms with van der Waals surface area (Å²) in [5, 5.41) is 12.2. The van der Waals surface area contributed by atoms with Crippen molar-refractivity contribution in [2.75, 3.05) is 9.80 Å². The molecule has 1 N–H and O–H groups in total. The van der Waals surface area contributed by atoms with Crippen molar-refractivity contribution in [1.29, 1.82) is 0 Å². The Morgan fingerprint density at radius 1 is 0.682 bits per heavy atom. The second-order valence-corrected chi connectivity index (χ2v) is 13.2. The summed E-state index contributed by atoms with van der Waals surface area (Å²) in [6.45, 7) is 5.48. The van der Waals surface area contributed by atoms with Gasteiger partial charge in [0.2, 0.25) is 23.6 Å². The van der Waals surface area contributed by atoms with Crippen molar-refractivity contribution < 1.29 is 24.3 Å². The lowest BCUT2D eigenvalue weighted by atomic mass is 9.57. The number of carbonyl (C=O) groups excluding carboxylic acids is 4. The van der Waals surface area contributed by atoms with E-state index in [-0.39, 0.29) is 35.8 Å². The van der Waals surface area contributed by atoms with Crippen LogP contribution in [0.15, 0.2) is 66.2 Å². The van der Waals surface area contributed by atoms with Crippen LogP contribution in [0.2, 0.25) is 10.0 Å². The Morgan fingerprint density at radius 3 is 1.84 bits per heavy atom.